The number of rotatable bonds is 3. The number of halogens is 2. The van der Waals surface area contributed by atoms with E-state index in [0.717, 1.165) is 22.3 Å². The van der Waals surface area contributed by atoms with Gasteiger partial charge in [0.25, 0.3) is 0 Å². The van der Waals surface area contributed by atoms with E-state index in [9.17, 15) is 17.2 Å². The Kier molecular flexibility index (Phi) is 4.26. The molecule has 7 heteroatoms. The van der Waals surface area contributed by atoms with Crippen molar-refractivity contribution in [3.8, 4) is 11.1 Å². The Morgan fingerprint density at radius 2 is 1.72 bits per heavy atom. The number of fused-ring (bicyclic) bond motifs is 3. The first-order valence-corrected chi connectivity index (χ1v) is 10.9. The third-order valence-electron chi connectivity index (χ3n) is 5.84. The van der Waals surface area contributed by atoms with Crippen molar-refractivity contribution in [1.82, 2.24) is 9.88 Å². The topological polar surface area (TPSA) is 50.3 Å². The number of aromatic nitrogens is 1. The number of sulfone groups is 1. The van der Waals surface area contributed by atoms with E-state index in [2.05, 4.69) is 9.88 Å². The molecule has 2 aromatic carbocycles. The van der Waals surface area contributed by atoms with Crippen LogP contribution in [-0.2, 0) is 16.4 Å². The average Bonchev–Trinajstić information content (AvgIpc) is 3.22. The molecule has 5 rings (SSSR count). The molecule has 1 saturated heterocycles. The van der Waals surface area contributed by atoms with E-state index in [-0.39, 0.29) is 11.7 Å². The maximum absolute atomic E-state index is 13.1. The molecule has 3 heterocycles. The zero-order valence-electron chi connectivity index (χ0n) is 15.4. The summed E-state index contributed by atoms with van der Waals surface area (Å²) in [7, 11) is -3.40. The monoisotopic (exact) mass is 412 g/mol. The fourth-order valence-electron chi connectivity index (χ4n) is 4.43. The van der Waals surface area contributed by atoms with Crippen molar-refractivity contribution < 1.29 is 17.2 Å². The van der Waals surface area contributed by atoms with Crippen LogP contribution < -0.4 is 0 Å². The maximum Gasteiger partial charge on any atom is 0.212 e. The Bertz CT molecular complexity index is 1180. The first-order chi connectivity index (χ1) is 13.9. The Morgan fingerprint density at radius 3 is 2.45 bits per heavy atom. The lowest BCUT2D eigenvalue weighted by Crippen LogP contribution is -2.25. The van der Waals surface area contributed by atoms with Crippen molar-refractivity contribution in [1.29, 1.82) is 0 Å². The van der Waals surface area contributed by atoms with Crippen molar-refractivity contribution in [2.75, 3.05) is 13.1 Å². The molecule has 0 aliphatic carbocycles. The van der Waals surface area contributed by atoms with Crippen LogP contribution in [-0.4, -0.2) is 36.6 Å². The number of nitrogens with zero attached hydrogens (tertiary/aromatic N) is 2. The molecule has 0 unspecified atom stereocenters. The quantitative estimate of drug-likeness (QED) is 0.615. The predicted molar refractivity (Wildman–Crippen MR) is 105 cm³/mol. The summed E-state index contributed by atoms with van der Waals surface area (Å²) in [6.45, 7) is 1.66. The zero-order valence-corrected chi connectivity index (χ0v) is 16.2. The molecule has 0 amide bonds. The standard InChI is InChI=1S/C22H18F2N2O2S/c23-17-5-1-14(2-6-17)11-26-12-19-18-9-15(16-4-8-22(24)25-10-16)3-7-20(18)29(27,28)21(19)13-26/h1-10,19,21H,11-13H2/t19-,21-/m0/s1. The van der Waals surface area contributed by atoms with Crippen LogP contribution in [0.15, 0.2) is 65.7 Å². The first-order valence-electron chi connectivity index (χ1n) is 9.38. The summed E-state index contributed by atoms with van der Waals surface area (Å²) in [5, 5.41) is -0.473. The molecule has 0 N–H and O–H groups in total. The van der Waals surface area contributed by atoms with Gasteiger partial charge in [-0.25, -0.2) is 17.8 Å². The highest BCUT2D eigenvalue weighted by atomic mass is 32.2. The van der Waals surface area contributed by atoms with E-state index >= 15 is 0 Å². The number of likely N-dealkylation sites (tertiary alicyclic amines) is 1. The summed E-state index contributed by atoms with van der Waals surface area (Å²) >= 11 is 0. The van der Waals surface area contributed by atoms with Crippen LogP contribution in [0.3, 0.4) is 0 Å². The third-order valence-corrected chi connectivity index (χ3v) is 8.10. The molecule has 4 nitrogen and oxygen atoms in total. The fourth-order valence-corrected chi connectivity index (χ4v) is 6.62. The van der Waals surface area contributed by atoms with Crippen LogP contribution in [0.5, 0.6) is 0 Å². The number of hydrogen-bond donors (Lipinski definition) is 0. The van der Waals surface area contributed by atoms with Gasteiger partial charge < -0.3 is 0 Å². The molecule has 0 spiro atoms. The third kappa shape index (κ3) is 3.14. The van der Waals surface area contributed by atoms with E-state index < -0.39 is 21.0 Å². The maximum atomic E-state index is 13.1. The van der Waals surface area contributed by atoms with Gasteiger partial charge in [0.2, 0.25) is 5.95 Å². The highest BCUT2D eigenvalue weighted by Crippen LogP contribution is 2.46. The Morgan fingerprint density at radius 1 is 0.966 bits per heavy atom. The molecule has 29 heavy (non-hydrogen) atoms. The van der Waals surface area contributed by atoms with Crippen molar-refractivity contribution in [2.24, 2.45) is 0 Å². The van der Waals surface area contributed by atoms with Crippen LogP contribution in [0.4, 0.5) is 8.78 Å². The fraction of sp³-hybridized carbons (Fsp3) is 0.227. The van der Waals surface area contributed by atoms with Gasteiger partial charge in [0.1, 0.15) is 5.82 Å². The largest absolute Gasteiger partial charge is 0.297 e. The van der Waals surface area contributed by atoms with Gasteiger partial charge in [-0.1, -0.05) is 18.2 Å². The molecule has 2 aliphatic rings. The van der Waals surface area contributed by atoms with E-state index in [0.29, 0.717) is 24.5 Å². The zero-order chi connectivity index (χ0) is 20.2. The second-order valence-corrected chi connectivity index (χ2v) is 9.77. The second kappa shape index (κ2) is 6.71. The summed E-state index contributed by atoms with van der Waals surface area (Å²) in [5.74, 6) is -0.944. The molecule has 2 atom stereocenters. The number of pyridine rings is 1. The molecule has 148 valence electrons. The summed E-state index contributed by atoms with van der Waals surface area (Å²) in [4.78, 5) is 6.19. The molecule has 1 aromatic heterocycles. The summed E-state index contributed by atoms with van der Waals surface area (Å²) in [6.07, 6.45) is 1.45. The minimum absolute atomic E-state index is 0.108. The van der Waals surface area contributed by atoms with Gasteiger partial charge in [-0.3, -0.25) is 4.90 Å². The highest BCUT2D eigenvalue weighted by Gasteiger charge is 2.50. The Labute approximate surface area is 167 Å². The molecule has 1 fully saturated rings. The summed E-state index contributed by atoms with van der Waals surface area (Å²) in [5.41, 5.74) is 3.34. The number of benzene rings is 2. The van der Waals surface area contributed by atoms with Crippen molar-refractivity contribution in [2.45, 2.75) is 22.6 Å². The van der Waals surface area contributed by atoms with Gasteiger partial charge in [-0.15, -0.1) is 0 Å². The SMILES string of the molecule is O=S1(=O)c2ccc(-c3ccc(F)nc3)cc2[C@@H]2CN(Cc3ccc(F)cc3)C[C@@H]21. The Balaban J connectivity index is 1.46. The van der Waals surface area contributed by atoms with Gasteiger partial charge in [-0.2, -0.15) is 4.39 Å². The van der Waals surface area contributed by atoms with Gasteiger partial charge in [0, 0.05) is 37.3 Å². The minimum atomic E-state index is -3.40. The van der Waals surface area contributed by atoms with Crippen LogP contribution in [0, 0.1) is 11.8 Å². The van der Waals surface area contributed by atoms with Gasteiger partial charge in [0.05, 0.1) is 10.1 Å². The van der Waals surface area contributed by atoms with Crippen molar-refractivity contribution in [3.63, 3.8) is 0 Å². The molecule has 0 radical (unpaired) electrons. The van der Waals surface area contributed by atoms with Gasteiger partial charge in [0.15, 0.2) is 9.84 Å². The lowest BCUT2D eigenvalue weighted by atomic mass is 9.95. The van der Waals surface area contributed by atoms with Gasteiger partial charge >= 0.3 is 0 Å². The molecule has 0 saturated carbocycles. The van der Waals surface area contributed by atoms with Crippen LogP contribution in [0.2, 0.25) is 0 Å². The first kappa shape index (κ1) is 18.4. The van der Waals surface area contributed by atoms with E-state index in [1.807, 2.05) is 6.07 Å². The molecule has 0 bridgehead atoms. The normalized spacial score (nSPS) is 22.4. The van der Waals surface area contributed by atoms with Crippen LogP contribution in [0.1, 0.15) is 17.0 Å². The number of hydrogen-bond acceptors (Lipinski definition) is 4. The summed E-state index contributed by atoms with van der Waals surface area (Å²) in [6, 6.07) is 14.5. The molecule has 3 aromatic rings. The average molecular weight is 412 g/mol. The summed E-state index contributed by atoms with van der Waals surface area (Å²) < 4.78 is 52.4. The smallest absolute Gasteiger partial charge is 0.212 e. The second-order valence-electron chi connectivity index (χ2n) is 7.63. The van der Waals surface area contributed by atoms with E-state index in [1.165, 1.54) is 24.4 Å². The van der Waals surface area contributed by atoms with Gasteiger partial charge in [-0.05, 0) is 53.1 Å². The van der Waals surface area contributed by atoms with E-state index in [4.69, 9.17) is 0 Å². The van der Waals surface area contributed by atoms with Crippen LogP contribution in [0.25, 0.3) is 11.1 Å². The molecular weight excluding hydrogens is 394 g/mol. The Hall–Kier alpha value is -2.64. The lowest BCUT2D eigenvalue weighted by Gasteiger charge is -2.17. The van der Waals surface area contributed by atoms with Crippen molar-refractivity contribution in [3.05, 3.63) is 83.7 Å². The van der Waals surface area contributed by atoms with Crippen LogP contribution >= 0.6 is 0 Å². The minimum Gasteiger partial charge on any atom is -0.297 e. The highest BCUT2D eigenvalue weighted by molar-refractivity contribution is 7.92. The van der Waals surface area contributed by atoms with Crippen molar-refractivity contribution >= 4 is 9.84 Å². The molecule has 2 aliphatic heterocycles. The predicted octanol–water partition coefficient (Wildman–Crippen LogP) is 3.78. The lowest BCUT2D eigenvalue weighted by molar-refractivity contribution is 0.325. The van der Waals surface area contributed by atoms with E-state index in [1.54, 1.807) is 30.3 Å². The molecular formula is C22H18F2N2O2S.